The molecule has 0 fully saturated rings. The summed E-state index contributed by atoms with van der Waals surface area (Å²) in [6, 6.07) is 22.7. The Labute approximate surface area is 193 Å². The average Bonchev–Trinajstić information content (AvgIpc) is 3.16. The summed E-state index contributed by atoms with van der Waals surface area (Å²) in [5.41, 5.74) is 5.27. The molecule has 1 amide bonds. The molecule has 0 aliphatic heterocycles. The van der Waals surface area contributed by atoms with Crippen LogP contribution in [0.25, 0.3) is 10.9 Å². The number of halogens is 1. The third-order valence-corrected chi connectivity index (χ3v) is 6.57. The minimum atomic E-state index is -0.230. The fraction of sp³-hybridized carbons (Fsp3) is 0.250. The monoisotopic (exact) mass is 442 g/mol. The van der Waals surface area contributed by atoms with Gasteiger partial charge in [-0.05, 0) is 54.7 Å². The summed E-state index contributed by atoms with van der Waals surface area (Å²) in [5, 5.41) is 4.25. The van der Waals surface area contributed by atoms with Crippen molar-refractivity contribution in [3.05, 3.63) is 101 Å². The van der Waals surface area contributed by atoms with Gasteiger partial charge in [-0.2, -0.15) is 0 Å². The summed E-state index contributed by atoms with van der Waals surface area (Å²) >= 11 is 0. The van der Waals surface area contributed by atoms with E-state index in [-0.39, 0.29) is 17.6 Å². The maximum Gasteiger partial charge on any atom is 0.227 e. The molecule has 1 aliphatic rings. The maximum atomic E-state index is 13.8. The molecule has 5 rings (SSSR count). The predicted molar refractivity (Wildman–Crippen MR) is 128 cm³/mol. The van der Waals surface area contributed by atoms with Crippen molar-refractivity contribution in [3.63, 3.8) is 0 Å². The Morgan fingerprint density at radius 2 is 1.91 bits per heavy atom. The van der Waals surface area contributed by atoms with Crippen molar-refractivity contribution in [1.82, 2.24) is 9.88 Å². The van der Waals surface area contributed by atoms with E-state index in [0.29, 0.717) is 13.1 Å². The first-order valence-corrected chi connectivity index (χ1v) is 11.4. The molecule has 1 aromatic heterocycles. The van der Waals surface area contributed by atoms with Crippen LogP contribution in [0.4, 0.5) is 4.39 Å². The normalized spacial score (nSPS) is 15.3. The van der Waals surface area contributed by atoms with Crippen LogP contribution in [0.15, 0.2) is 72.8 Å². The van der Waals surface area contributed by atoms with Crippen LogP contribution in [-0.2, 0) is 24.3 Å². The van der Waals surface area contributed by atoms with E-state index in [9.17, 15) is 9.18 Å². The van der Waals surface area contributed by atoms with E-state index in [1.807, 2.05) is 42.5 Å². The summed E-state index contributed by atoms with van der Waals surface area (Å²) in [5.74, 6) is 0.373. The number of hydrogen-bond acceptors (Lipinski definition) is 2. The van der Waals surface area contributed by atoms with Crippen LogP contribution in [0, 0.1) is 5.82 Å². The van der Waals surface area contributed by atoms with Gasteiger partial charge in [0.15, 0.2) is 0 Å². The number of nitrogens with zero attached hydrogens (tertiary/aromatic N) is 1. The summed E-state index contributed by atoms with van der Waals surface area (Å²) in [6.07, 6.45) is 2.67. The smallest absolute Gasteiger partial charge is 0.227 e. The molecule has 0 saturated heterocycles. The van der Waals surface area contributed by atoms with Crippen molar-refractivity contribution in [2.75, 3.05) is 7.11 Å². The zero-order valence-electron chi connectivity index (χ0n) is 18.7. The molecule has 4 nitrogen and oxygen atoms in total. The summed E-state index contributed by atoms with van der Waals surface area (Å²) < 4.78 is 21.5. The first-order chi connectivity index (χ1) is 16.2. The highest BCUT2D eigenvalue weighted by atomic mass is 19.1. The van der Waals surface area contributed by atoms with Crippen molar-refractivity contribution >= 4 is 16.8 Å². The highest BCUT2D eigenvalue weighted by molar-refractivity contribution is 5.94. The number of ether oxygens (including phenoxy) is 1. The lowest BCUT2D eigenvalue weighted by atomic mass is 9.84. The molecule has 1 atom stereocenters. The Balaban J connectivity index is 1.48. The van der Waals surface area contributed by atoms with E-state index in [1.165, 1.54) is 11.8 Å². The predicted octanol–water partition coefficient (Wildman–Crippen LogP) is 5.57. The van der Waals surface area contributed by atoms with Gasteiger partial charge in [0, 0.05) is 35.2 Å². The zero-order chi connectivity index (χ0) is 22.8. The molecule has 1 unspecified atom stereocenters. The maximum absolute atomic E-state index is 13.8. The van der Waals surface area contributed by atoms with Crippen LogP contribution in [0.2, 0.25) is 0 Å². The van der Waals surface area contributed by atoms with E-state index in [1.54, 1.807) is 19.2 Å². The van der Waals surface area contributed by atoms with Crippen molar-refractivity contribution in [2.24, 2.45) is 0 Å². The topological polar surface area (TPSA) is 43.3 Å². The molecule has 0 radical (unpaired) electrons. The molecule has 3 aromatic carbocycles. The Kier molecular flexibility index (Phi) is 5.86. The second kappa shape index (κ2) is 9.10. The lowest BCUT2D eigenvalue weighted by molar-refractivity contribution is -0.123. The van der Waals surface area contributed by atoms with Gasteiger partial charge in [0.05, 0.1) is 13.0 Å². The lowest BCUT2D eigenvalue weighted by Gasteiger charge is -2.24. The molecule has 5 heteroatoms. The molecule has 0 spiro atoms. The summed E-state index contributed by atoms with van der Waals surface area (Å²) in [4.78, 5) is 13.4. The van der Waals surface area contributed by atoms with E-state index in [4.69, 9.17) is 4.74 Å². The largest absolute Gasteiger partial charge is 0.496 e. The third kappa shape index (κ3) is 4.11. The Morgan fingerprint density at radius 3 is 2.76 bits per heavy atom. The van der Waals surface area contributed by atoms with Gasteiger partial charge in [0.2, 0.25) is 5.91 Å². The molecule has 168 valence electrons. The van der Waals surface area contributed by atoms with E-state index in [0.717, 1.165) is 52.6 Å². The number of nitrogens with one attached hydrogen (secondary N) is 1. The van der Waals surface area contributed by atoms with Crippen LogP contribution in [0.3, 0.4) is 0 Å². The molecule has 1 aliphatic carbocycles. The van der Waals surface area contributed by atoms with Crippen LogP contribution >= 0.6 is 0 Å². The number of carbonyl (C=O) groups excluding carboxylic acids is 1. The van der Waals surface area contributed by atoms with Gasteiger partial charge >= 0.3 is 0 Å². The van der Waals surface area contributed by atoms with Gasteiger partial charge < -0.3 is 14.6 Å². The van der Waals surface area contributed by atoms with E-state index in [2.05, 4.69) is 22.0 Å². The number of para-hydroxylation sites is 2. The van der Waals surface area contributed by atoms with Crippen LogP contribution in [0.1, 0.15) is 41.1 Å². The second-order valence-electron chi connectivity index (χ2n) is 8.57. The quantitative estimate of drug-likeness (QED) is 0.424. The van der Waals surface area contributed by atoms with Gasteiger partial charge in [-0.3, -0.25) is 4.79 Å². The zero-order valence-corrected chi connectivity index (χ0v) is 18.7. The number of fused-ring (bicyclic) bond motifs is 3. The number of hydrogen-bond donors (Lipinski definition) is 1. The number of aromatic nitrogens is 1. The van der Waals surface area contributed by atoms with Gasteiger partial charge in [-0.1, -0.05) is 48.5 Å². The minimum absolute atomic E-state index is 0.0375. The molecule has 4 aromatic rings. The molecule has 33 heavy (non-hydrogen) atoms. The highest BCUT2D eigenvalue weighted by Gasteiger charge is 2.32. The third-order valence-electron chi connectivity index (χ3n) is 6.57. The standard InChI is InChI=1S/C28H27FN2O2/c1-33-26-15-5-2-9-20(26)17-30-28(32)23-12-7-14-25-27(23)22-11-3-4-13-24(22)31(25)18-19-8-6-10-21(29)16-19/h2-6,8-11,13,15-16,23H,7,12,14,17-18H2,1H3,(H,30,32). The SMILES string of the molecule is COc1ccccc1CNC(=O)C1CCCc2c1c1ccccc1n2Cc1cccc(F)c1. The number of benzene rings is 3. The number of amides is 1. The van der Waals surface area contributed by atoms with Crippen molar-refractivity contribution in [1.29, 1.82) is 0 Å². The van der Waals surface area contributed by atoms with E-state index < -0.39 is 0 Å². The first kappa shape index (κ1) is 21.3. The molecule has 0 saturated carbocycles. The van der Waals surface area contributed by atoms with Crippen LogP contribution < -0.4 is 10.1 Å². The van der Waals surface area contributed by atoms with Crippen molar-refractivity contribution in [3.8, 4) is 5.75 Å². The van der Waals surface area contributed by atoms with Gasteiger partial charge in [-0.25, -0.2) is 4.39 Å². The summed E-state index contributed by atoms with van der Waals surface area (Å²) in [7, 11) is 1.64. The van der Waals surface area contributed by atoms with Crippen LogP contribution in [-0.4, -0.2) is 17.6 Å². The molecular formula is C28H27FN2O2. The van der Waals surface area contributed by atoms with Crippen LogP contribution in [0.5, 0.6) is 5.75 Å². The number of rotatable bonds is 6. The fourth-order valence-electron chi connectivity index (χ4n) is 5.07. The number of methoxy groups -OCH3 is 1. The first-order valence-electron chi connectivity index (χ1n) is 11.4. The molecule has 0 bridgehead atoms. The molecule has 1 N–H and O–H groups in total. The second-order valence-corrected chi connectivity index (χ2v) is 8.57. The Morgan fingerprint density at radius 1 is 1.09 bits per heavy atom. The van der Waals surface area contributed by atoms with Gasteiger partial charge in [0.25, 0.3) is 0 Å². The summed E-state index contributed by atoms with van der Waals surface area (Å²) in [6.45, 7) is 1.01. The van der Waals surface area contributed by atoms with E-state index >= 15 is 0 Å². The lowest BCUT2D eigenvalue weighted by Crippen LogP contribution is -2.31. The minimum Gasteiger partial charge on any atom is -0.496 e. The van der Waals surface area contributed by atoms with Gasteiger partial charge in [0.1, 0.15) is 11.6 Å². The van der Waals surface area contributed by atoms with Gasteiger partial charge in [-0.15, -0.1) is 0 Å². The fourth-order valence-corrected chi connectivity index (χ4v) is 5.07. The Bertz CT molecular complexity index is 1310. The van der Waals surface area contributed by atoms with Crippen molar-refractivity contribution in [2.45, 2.75) is 38.3 Å². The highest BCUT2D eigenvalue weighted by Crippen LogP contribution is 2.39. The average molecular weight is 443 g/mol. The molecule has 1 heterocycles. The van der Waals surface area contributed by atoms with Crippen molar-refractivity contribution < 1.29 is 13.9 Å². The number of carbonyl (C=O) groups is 1. The molecular weight excluding hydrogens is 415 g/mol. The Hall–Kier alpha value is -3.60.